The van der Waals surface area contributed by atoms with Crippen molar-refractivity contribution in [2.75, 3.05) is 11.5 Å². The largest absolute Gasteiger partial charge is 0.508 e. The van der Waals surface area contributed by atoms with Gasteiger partial charge in [-0.05, 0) is 35.4 Å². The second-order valence-corrected chi connectivity index (χ2v) is 8.96. The van der Waals surface area contributed by atoms with E-state index in [1.807, 2.05) is 0 Å². The van der Waals surface area contributed by atoms with Crippen LogP contribution in [0.5, 0.6) is 11.5 Å². The zero-order valence-electron chi connectivity index (χ0n) is 19.7. The summed E-state index contributed by atoms with van der Waals surface area (Å²) in [6, 6.07) is 7.27. The van der Waals surface area contributed by atoms with Crippen LogP contribution in [0.1, 0.15) is 11.1 Å². The Balaban J connectivity index is 2.31. The Morgan fingerprint density at radius 3 is 1.41 bits per heavy atom. The molecule has 0 fully saturated rings. The maximum atomic E-state index is 13.3. The monoisotopic (exact) mass is 550 g/mol. The molecule has 11 nitrogen and oxygen atoms in total. The van der Waals surface area contributed by atoms with Crippen LogP contribution in [-0.2, 0) is 32.0 Å². The van der Waals surface area contributed by atoms with Crippen molar-refractivity contribution in [3.63, 3.8) is 0 Å². The zero-order valence-corrected chi connectivity index (χ0v) is 21.5. The summed E-state index contributed by atoms with van der Waals surface area (Å²) in [5.41, 5.74) is 6.93. The van der Waals surface area contributed by atoms with E-state index in [1.165, 1.54) is 24.3 Å². The highest BCUT2D eigenvalue weighted by molar-refractivity contribution is 7.80. The van der Waals surface area contributed by atoms with Crippen LogP contribution in [0.4, 0.5) is 0 Å². The molecule has 13 heteroatoms. The second-order valence-electron chi connectivity index (χ2n) is 8.23. The number of rotatable bonds is 13. The van der Waals surface area contributed by atoms with Crippen molar-refractivity contribution < 1.29 is 34.5 Å². The molecule has 0 aromatic heterocycles. The smallest absolute Gasteiger partial charge is 0.327 e. The lowest BCUT2D eigenvalue weighted by Gasteiger charge is -2.25. The van der Waals surface area contributed by atoms with Crippen LogP contribution in [0.2, 0.25) is 0 Å². The highest BCUT2D eigenvalue weighted by atomic mass is 32.1. The first-order chi connectivity index (χ1) is 17.5. The Hall–Kier alpha value is -3.42. The third kappa shape index (κ3) is 9.52. The number of carboxylic acids is 1. The Kier molecular flexibility index (Phi) is 11.6. The van der Waals surface area contributed by atoms with Crippen molar-refractivity contribution in [1.29, 1.82) is 0 Å². The number of carboxylic acid groups (broad SMARTS) is 1. The minimum atomic E-state index is -1.30. The fraction of sp³-hybridized carbons (Fsp3) is 0.333. The molecule has 4 atom stereocenters. The van der Waals surface area contributed by atoms with Crippen molar-refractivity contribution >= 4 is 48.9 Å². The molecule has 0 radical (unpaired) electrons. The van der Waals surface area contributed by atoms with E-state index in [-0.39, 0.29) is 35.8 Å². The highest BCUT2D eigenvalue weighted by Gasteiger charge is 2.30. The summed E-state index contributed by atoms with van der Waals surface area (Å²) < 4.78 is 0. The van der Waals surface area contributed by atoms with Gasteiger partial charge in [0.25, 0.3) is 0 Å². The van der Waals surface area contributed by atoms with Crippen molar-refractivity contribution in [3.8, 4) is 11.5 Å². The Morgan fingerprint density at radius 1 is 0.676 bits per heavy atom. The molecule has 37 heavy (non-hydrogen) atoms. The summed E-state index contributed by atoms with van der Waals surface area (Å²) in [6.07, 6.45) is -0.0219. The molecule has 0 aliphatic heterocycles. The predicted molar refractivity (Wildman–Crippen MR) is 143 cm³/mol. The topological polar surface area (TPSA) is 191 Å². The van der Waals surface area contributed by atoms with E-state index in [9.17, 15) is 34.5 Å². The van der Waals surface area contributed by atoms with E-state index < -0.39 is 47.9 Å². The zero-order chi connectivity index (χ0) is 27.5. The predicted octanol–water partition coefficient (Wildman–Crippen LogP) is -0.391. The van der Waals surface area contributed by atoms with Gasteiger partial charge < -0.3 is 37.0 Å². The maximum absolute atomic E-state index is 13.3. The molecule has 2 aromatic carbocycles. The number of carbonyl (C=O) groups excluding carboxylic acids is 3. The number of carbonyl (C=O) groups is 4. The van der Waals surface area contributed by atoms with E-state index in [0.717, 1.165) is 0 Å². The standard InChI is InChI=1S/C24H30N4O7S2/c25-17(11-36)21(31)26-18(9-13-1-5-15(29)6-2-13)22(32)27-19(10-14-3-7-16(30)8-4-14)23(33)28-20(12-37)24(34)35/h1-8,17-20,29-30,36-37H,9-12,25H2,(H,26,31)(H,27,32)(H,28,33)(H,34,35)/t17-,18-,19-,20-/m0/s1. The van der Waals surface area contributed by atoms with Gasteiger partial charge in [0.2, 0.25) is 17.7 Å². The fourth-order valence-electron chi connectivity index (χ4n) is 3.25. The third-order valence-corrected chi connectivity index (χ3v) is 6.11. The number of phenols is 2. The van der Waals surface area contributed by atoms with Gasteiger partial charge in [0.05, 0.1) is 6.04 Å². The van der Waals surface area contributed by atoms with E-state index in [0.29, 0.717) is 11.1 Å². The molecule has 2 rings (SSSR count). The molecule has 3 amide bonds. The molecule has 0 aliphatic carbocycles. The molecule has 0 saturated heterocycles. The molecule has 0 unspecified atom stereocenters. The van der Waals surface area contributed by atoms with Crippen LogP contribution < -0.4 is 21.7 Å². The maximum Gasteiger partial charge on any atom is 0.327 e. The number of aromatic hydroxyl groups is 2. The molecular weight excluding hydrogens is 520 g/mol. The van der Waals surface area contributed by atoms with E-state index >= 15 is 0 Å². The lowest BCUT2D eigenvalue weighted by molar-refractivity contribution is -0.141. The number of nitrogens with two attached hydrogens (primary N) is 1. The normalized spacial score (nSPS) is 14.0. The van der Waals surface area contributed by atoms with Gasteiger partial charge in [-0.2, -0.15) is 25.3 Å². The molecule has 0 aliphatic rings. The number of amides is 3. The van der Waals surface area contributed by atoms with Gasteiger partial charge >= 0.3 is 5.97 Å². The lowest BCUT2D eigenvalue weighted by atomic mass is 10.0. The Morgan fingerprint density at radius 2 is 1.05 bits per heavy atom. The van der Waals surface area contributed by atoms with E-state index in [1.54, 1.807) is 24.3 Å². The van der Waals surface area contributed by atoms with Crippen molar-refractivity contribution in [2.45, 2.75) is 37.0 Å². The third-order valence-electron chi connectivity index (χ3n) is 5.35. The van der Waals surface area contributed by atoms with Gasteiger partial charge in [0.1, 0.15) is 29.6 Å². The van der Waals surface area contributed by atoms with Crippen molar-refractivity contribution in [1.82, 2.24) is 16.0 Å². The van der Waals surface area contributed by atoms with Crippen LogP contribution in [0.25, 0.3) is 0 Å². The van der Waals surface area contributed by atoms with Gasteiger partial charge in [0.15, 0.2) is 0 Å². The number of nitrogens with one attached hydrogen (secondary N) is 3. The van der Waals surface area contributed by atoms with Gasteiger partial charge in [-0.1, -0.05) is 24.3 Å². The number of aliphatic carboxylic acids is 1. The summed E-state index contributed by atoms with van der Waals surface area (Å²) in [7, 11) is 0. The molecular formula is C24H30N4O7S2. The number of thiol groups is 2. The summed E-state index contributed by atoms with van der Waals surface area (Å²) >= 11 is 7.95. The molecule has 0 heterocycles. The molecule has 200 valence electrons. The number of hydrogen-bond acceptors (Lipinski definition) is 9. The van der Waals surface area contributed by atoms with Gasteiger partial charge in [0, 0.05) is 24.3 Å². The summed E-state index contributed by atoms with van der Waals surface area (Å²) in [6.45, 7) is 0. The van der Waals surface area contributed by atoms with Crippen LogP contribution in [0.3, 0.4) is 0 Å². The van der Waals surface area contributed by atoms with Crippen LogP contribution in [-0.4, -0.2) is 74.7 Å². The van der Waals surface area contributed by atoms with Crippen LogP contribution in [0.15, 0.2) is 48.5 Å². The van der Waals surface area contributed by atoms with E-state index in [2.05, 4.69) is 41.2 Å². The first kappa shape index (κ1) is 29.8. The van der Waals surface area contributed by atoms with Crippen LogP contribution >= 0.6 is 25.3 Å². The molecule has 0 bridgehead atoms. The number of phenolic OH excluding ortho intramolecular Hbond substituents is 2. The van der Waals surface area contributed by atoms with Gasteiger partial charge in [-0.3, -0.25) is 14.4 Å². The summed E-state index contributed by atoms with van der Waals surface area (Å²) in [4.78, 5) is 50.2. The lowest BCUT2D eigenvalue weighted by Crippen LogP contribution is -2.58. The first-order valence-electron chi connectivity index (χ1n) is 11.2. The Labute approximate surface area is 224 Å². The highest BCUT2D eigenvalue weighted by Crippen LogP contribution is 2.14. The van der Waals surface area contributed by atoms with Crippen LogP contribution in [0, 0.1) is 0 Å². The molecule has 0 spiro atoms. The van der Waals surface area contributed by atoms with Gasteiger partial charge in [-0.25, -0.2) is 4.79 Å². The molecule has 8 N–H and O–H groups in total. The number of hydrogen-bond donors (Lipinski definition) is 9. The SMILES string of the molecule is N[C@@H](CS)C(=O)N[C@@H](Cc1ccc(O)cc1)C(=O)N[C@@H](Cc1ccc(O)cc1)C(=O)N[C@@H](CS)C(=O)O. The number of benzene rings is 2. The average Bonchev–Trinajstić information content (AvgIpc) is 2.87. The first-order valence-corrected chi connectivity index (χ1v) is 12.5. The summed E-state index contributed by atoms with van der Waals surface area (Å²) in [5.74, 6) is -3.53. The average molecular weight is 551 g/mol. The minimum Gasteiger partial charge on any atom is -0.508 e. The quantitative estimate of drug-likeness (QED) is 0.151. The van der Waals surface area contributed by atoms with Gasteiger partial charge in [-0.15, -0.1) is 0 Å². The van der Waals surface area contributed by atoms with Crippen molar-refractivity contribution in [2.24, 2.45) is 5.73 Å². The Bertz CT molecular complexity index is 1080. The molecule has 0 saturated carbocycles. The van der Waals surface area contributed by atoms with E-state index in [4.69, 9.17) is 5.73 Å². The fourth-order valence-corrected chi connectivity index (χ4v) is 3.66. The van der Waals surface area contributed by atoms with Crippen molar-refractivity contribution in [3.05, 3.63) is 59.7 Å². The minimum absolute atomic E-state index is 0.00649. The second kappa shape index (κ2) is 14.4. The molecule has 2 aromatic rings. The summed E-state index contributed by atoms with van der Waals surface area (Å²) in [5, 5.41) is 35.9.